The van der Waals surface area contributed by atoms with Crippen LogP contribution in [0.15, 0.2) is 46.9 Å². The van der Waals surface area contributed by atoms with Gasteiger partial charge in [-0.25, -0.2) is 4.39 Å². The third-order valence-electron chi connectivity index (χ3n) is 2.49. The maximum absolute atomic E-state index is 13.8. The maximum atomic E-state index is 13.8. The minimum Gasteiger partial charge on any atom is -0.453 e. The normalized spacial score (nSPS) is 12.2. The fraction of sp³-hybridized carbons (Fsp3) is 0.143. The zero-order valence-electron chi connectivity index (χ0n) is 9.73. The lowest BCUT2D eigenvalue weighted by atomic mass is 10.1. The molecule has 0 spiro atoms. The second-order valence-corrected chi connectivity index (χ2v) is 4.75. The smallest absolute Gasteiger partial charge is 0.166 e. The molecule has 0 amide bonds. The van der Waals surface area contributed by atoms with Crippen LogP contribution < -0.4 is 4.74 Å². The molecule has 0 fully saturated rings. The fourth-order valence-electron chi connectivity index (χ4n) is 1.51. The minimum absolute atomic E-state index is 0.131. The second kappa shape index (κ2) is 5.50. The van der Waals surface area contributed by atoms with E-state index >= 15 is 0 Å². The molecule has 0 saturated heterocycles. The van der Waals surface area contributed by atoms with Gasteiger partial charge >= 0.3 is 0 Å². The van der Waals surface area contributed by atoms with Gasteiger partial charge in [0.15, 0.2) is 11.6 Å². The summed E-state index contributed by atoms with van der Waals surface area (Å²) in [7, 11) is 0. The van der Waals surface area contributed by atoms with E-state index in [4.69, 9.17) is 4.74 Å². The van der Waals surface area contributed by atoms with Gasteiger partial charge in [0.2, 0.25) is 0 Å². The van der Waals surface area contributed by atoms with E-state index in [2.05, 4.69) is 15.9 Å². The summed E-state index contributed by atoms with van der Waals surface area (Å²) in [5.74, 6) is 0.177. The third kappa shape index (κ3) is 2.89. The lowest BCUT2D eigenvalue weighted by Gasteiger charge is -2.10. The molecular weight excluding hydrogens is 299 g/mol. The van der Waals surface area contributed by atoms with Crippen LogP contribution in [-0.2, 0) is 0 Å². The quantitative estimate of drug-likeness (QED) is 0.908. The monoisotopic (exact) mass is 310 g/mol. The van der Waals surface area contributed by atoms with Crippen molar-refractivity contribution in [1.29, 1.82) is 0 Å². The Morgan fingerprint density at radius 1 is 1.17 bits per heavy atom. The zero-order valence-corrected chi connectivity index (χ0v) is 11.3. The van der Waals surface area contributed by atoms with Gasteiger partial charge in [-0.15, -0.1) is 0 Å². The first-order valence-electron chi connectivity index (χ1n) is 5.48. The van der Waals surface area contributed by atoms with Crippen LogP contribution >= 0.6 is 15.9 Å². The summed E-state index contributed by atoms with van der Waals surface area (Å²) in [6.45, 7) is 1.59. The molecule has 94 valence electrons. The molecule has 2 aromatic rings. The lowest BCUT2D eigenvalue weighted by Crippen LogP contribution is -1.94. The van der Waals surface area contributed by atoms with Crippen LogP contribution in [0.25, 0.3) is 0 Å². The van der Waals surface area contributed by atoms with Crippen LogP contribution in [0.3, 0.4) is 0 Å². The number of halogens is 2. The molecule has 2 aromatic carbocycles. The van der Waals surface area contributed by atoms with Gasteiger partial charge in [-0.1, -0.05) is 18.2 Å². The predicted octanol–water partition coefficient (Wildman–Crippen LogP) is 4.43. The number of hydrogen-bond acceptors (Lipinski definition) is 2. The number of benzene rings is 2. The summed E-state index contributed by atoms with van der Waals surface area (Å²) in [4.78, 5) is 0. The molecule has 1 N–H and O–H groups in total. The van der Waals surface area contributed by atoms with Crippen molar-refractivity contribution in [2.75, 3.05) is 0 Å². The van der Waals surface area contributed by atoms with Crippen LogP contribution in [-0.4, -0.2) is 5.11 Å². The van der Waals surface area contributed by atoms with Crippen LogP contribution in [0.2, 0.25) is 0 Å². The Hall–Kier alpha value is -1.39. The highest BCUT2D eigenvalue weighted by molar-refractivity contribution is 9.10. The largest absolute Gasteiger partial charge is 0.453 e. The van der Waals surface area contributed by atoms with Gasteiger partial charge in [-0.05, 0) is 52.7 Å². The van der Waals surface area contributed by atoms with E-state index < -0.39 is 11.9 Å². The average molecular weight is 311 g/mol. The molecule has 0 aromatic heterocycles. The van der Waals surface area contributed by atoms with Crippen molar-refractivity contribution in [2.45, 2.75) is 13.0 Å². The van der Waals surface area contributed by atoms with Gasteiger partial charge in [0, 0.05) is 0 Å². The molecule has 0 saturated carbocycles. The van der Waals surface area contributed by atoms with E-state index in [9.17, 15) is 9.50 Å². The van der Waals surface area contributed by atoms with E-state index in [1.807, 2.05) is 18.2 Å². The minimum atomic E-state index is -0.697. The van der Waals surface area contributed by atoms with E-state index in [1.165, 1.54) is 12.1 Å². The van der Waals surface area contributed by atoms with Crippen molar-refractivity contribution < 1.29 is 14.2 Å². The Morgan fingerprint density at radius 3 is 2.50 bits per heavy atom. The SMILES string of the molecule is C[C@@H](O)c1ccc(Oc2ccccc2Br)c(F)c1. The van der Waals surface area contributed by atoms with E-state index in [0.29, 0.717) is 11.3 Å². The van der Waals surface area contributed by atoms with Gasteiger partial charge < -0.3 is 9.84 Å². The summed E-state index contributed by atoms with van der Waals surface area (Å²) in [6.07, 6.45) is -0.697. The maximum Gasteiger partial charge on any atom is 0.166 e. The number of para-hydroxylation sites is 1. The molecule has 0 radical (unpaired) electrons. The first-order valence-corrected chi connectivity index (χ1v) is 6.27. The highest BCUT2D eigenvalue weighted by atomic mass is 79.9. The van der Waals surface area contributed by atoms with E-state index in [-0.39, 0.29) is 5.75 Å². The number of rotatable bonds is 3. The zero-order chi connectivity index (χ0) is 13.1. The molecule has 2 nitrogen and oxygen atoms in total. The van der Waals surface area contributed by atoms with Crippen molar-refractivity contribution in [3.63, 3.8) is 0 Å². The summed E-state index contributed by atoms with van der Waals surface area (Å²) in [6, 6.07) is 11.6. The topological polar surface area (TPSA) is 29.5 Å². The Morgan fingerprint density at radius 2 is 1.89 bits per heavy atom. The summed E-state index contributed by atoms with van der Waals surface area (Å²) in [5, 5.41) is 9.36. The molecule has 0 aliphatic heterocycles. The molecule has 0 heterocycles. The van der Waals surface area contributed by atoms with Gasteiger partial charge in [0.25, 0.3) is 0 Å². The fourth-order valence-corrected chi connectivity index (χ4v) is 1.87. The number of aliphatic hydroxyl groups excluding tert-OH is 1. The average Bonchev–Trinajstić information content (AvgIpc) is 2.34. The number of hydrogen-bond donors (Lipinski definition) is 1. The van der Waals surface area contributed by atoms with Crippen molar-refractivity contribution >= 4 is 15.9 Å². The summed E-state index contributed by atoms with van der Waals surface area (Å²) >= 11 is 3.33. The van der Waals surface area contributed by atoms with E-state index in [1.54, 1.807) is 19.1 Å². The molecule has 0 bridgehead atoms. The first-order chi connectivity index (χ1) is 8.58. The van der Waals surface area contributed by atoms with Gasteiger partial charge in [0.1, 0.15) is 5.75 Å². The second-order valence-electron chi connectivity index (χ2n) is 3.90. The molecule has 0 unspecified atom stereocenters. The Labute approximate surface area is 113 Å². The van der Waals surface area contributed by atoms with Gasteiger partial charge in [0.05, 0.1) is 10.6 Å². The molecule has 4 heteroatoms. The Kier molecular flexibility index (Phi) is 3.99. The molecule has 0 aliphatic rings. The van der Waals surface area contributed by atoms with E-state index in [0.717, 1.165) is 4.47 Å². The lowest BCUT2D eigenvalue weighted by molar-refractivity contribution is 0.198. The molecule has 0 aliphatic carbocycles. The highest BCUT2D eigenvalue weighted by Gasteiger charge is 2.10. The summed E-state index contributed by atoms with van der Waals surface area (Å²) < 4.78 is 20.0. The number of aliphatic hydroxyl groups is 1. The van der Waals surface area contributed by atoms with Crippen molar-refractivity contribution in [3.05, 3.63) is 58.3 Å². The predicted molar refractivity (Wildman–Crippen MR) is 71.2 cm³/mol. The highest BCUT2D eigenvalue weighted by Crippen LogP contribution is 2.31. The molecule has 1 atom stereocenters. The Balaban J connectivity index is 2.28. The standard InChI is InChI=1S/C14H12BrFO2/c1-9(17)10-6-7-14(12(16)8-10)18-13-5-3-2-4-11(13)15/h2-9,17H,1H3/t9-/m1/s1. The molecular formula is C14H12BrFO2. The molecule has 18 heavy (non-hydrogen) atoms. The van der Waals surface area contributed by atoms with Crippen molar-refractivity contribution in [1.82, 2.24) is 0 Å². The van der Waals surface area contributed by atoms with Crippen LogP contribution in [0.4, 0.5) is 4.39 Å². The van der Waals surface area contributed by atoms with Gasteiger partial charge in [-0.3, -0.25) is 0 Å². The Bertz CT molecular complexity index is 555. The summed E-state index contributed by atoms with van der Waals surface area (Å²) in [5.41, 5.74) is 0.520. The third-order valence-corrected chi connectivity index (χ3v) is 3.15. The van der Waals surface area contributed by atoms with Crippen molar-refractivity contribution in [3.8, 4) is 11.5 Å². The first kappa shape index (κ1) is 13.1. The molecule has 2 rings (SSSR count). The van der Waals surface area contributed by atoms with Crippen LogP contribution in [0.5, 0.6) is 11.5 Å². The van der Waals surface area contributed by atoms with Crippen molar-refractivity contribution in [2.24, 2.45) is 0 Å². The van der Waals surface area contributed by atoms with Crippen LogP contribution in [0.1, 0.15) is 18.6 Å². The number of ether oxygens (including phenoxy) is 1. The van der Waals surface area contributed by atoms with Gasteiger partial charge in [-0.2, -0.15) is 0 Å². The van der Waals surface area contributed by atoms with Crippen LogP contribution in [0, 0.1) is 5.82 Å².